The maximum absolute atomic E-state index is 5.39. The van der Waals surface area contributed by atoms with Crippen LogP contribution in [0.5, 0.6) is 17.2 Å². The van der Waals surface area contributed by atoms with Gasteiger partial charge >= 0.3 is 0 Å². The summed E-state index contributed by atoms with van der Waals surface area (Å²) in [4.78, 5) is 9.91. The maximum Gasteiger partial charge on any atom is 0.203 e. The number of aliphatic imine (C=N–C) groups is 1. The summed E-state index contributed by atoms with van der Waals surface area (Å²) in [6.45, 7) is 5.29. The minimum atomic E-state index is 0. The number of methoxy groups -OCH3 is 3. The number of nitrogens with one attached hydrogen (secondary N) is 2. The van der Waals surface area contributed by atoms with Crippen molar-refractivity contribution < 1.29 is 14.2 Å². The number of hydrogen-bond donors (Lipinski definition) is 2. The summed E-state index contributed by atoms with van der Waals surface area (Å²) in [5, 5.41) is 7.67. The van der Waals surface area contributed by atoms with E-state index in [0.717, 1.165) is 16.3 Å². The Labute approximate surface area is 181 Å². The SMILES string of the molecule is CN=C(NCc1cc(OC)c(OC)c(OC)c1)NCc1sc(C)nc1C.I. The zero-order valence-electron chi connectivity index (χ0n) is 16.5. The molecule has 0 saturated carbocycles. The van der Waals surface area contributed by atoms with Crippen LogP contribution >= 0.6 is 35.3 Å². The van der Waals surface area contributed by atoms with Crippen molar-refractivity contribution in [3.63, 3.8) is 0 Å². The van der Waals surface area contributed by atoms with Crippen molar-refractivity contribution in [2.45, 2.75) is 26.9 Å². The molecule has 2 rings (SSSR count). The lowest BCUT2D eigenvalue weighted by Gasteiger charge is -2.15. The third-order valence-electron chi connectivity index (χ3n) is 3.82. The lowest BCUT2D eigenvalue weighted by atomic mass is 10.2. The van der Waals surface area contributed by atoms with Gasteiger partial charge in [-0.3, -0.25) is 4.99 Å². The third-order valence-corrected chi connectivity index (χ3v) is 4.90. The Kier molecular flexibility index (Phi) is 9.64. The molecule has 0 atom stereocenters. The van der Waals surface area contributed by atoms with Crippen LogP contribution in [0.15, 0.2) is 17.1 Å². The molecule has 0 fully saturated rings. The Morgan fingerprint density at radius 1 is 1.04 bits per heavy atom. The van der Waals surface area contributed by atoms with Gasteiger partial charge in [-0.2, -0.15) is 0 Å². The van der Waals surface area contributed by atoms with Crippen LogP contribution in [-0.4, -0.2) is 39.3 Å². The molecule has 1 heterocycles. The summed E-state index contributed by atoms with van der Waals surface area (Å²) < 4.78 is 16.1. The highest BCUT2D eigenvalue weighted by Crippen LogP contribution is 2.38. The average Bonchev–Trinajstić information content (AvgIpc) is 2.97. The van der Waals surface area contributed by atoms with Gasteiger partial charge in [-0.15, -0.1) is 35.3 Å². The van der Waals surface area contributed by atoms with Gasteiger partial charge in [0.25, 0.3) is 0 Å². The molecule has 9 heteroatoms. The van der Waals surface area contributed by atoms with Gasteiger partial charge in [0.2, 0.25) is 5.75 Å². The molecular weight excluding hydrogens is 479 g/mol. The topological polar surface area (TPSA) is 77.0 Å². The Morgan fingerprint density at radius 3 is 2.07 bits per heavy atom. The molecule has 0 aliphatic rings. The molecule has 0 aliphatic heterocycles. The maximum atomic E-state index is 5.39. The van der Waals surface area contributed by atoms with E-state index in [9.17, 15) is 0 Å². The molecule has 0 spiro atoms. The Hall–Kier alpha value is -1.75. The van der Waals surface area contributed by atoms with Gasteiger partial charge in [0.15, 0.2) is 17.5 Å². The van der Waals surface area contributed by atoms with Crippen LogP contribution in [0.25, 0.3) is 0 Å². The summed E-state index contributed by atoms with van der Waals surface area (Å²) in [6.07, 6.45) is 0. The number of ether oxygens (including phenoxy) is 3. The number of nitrogens with zero attached hydrogens (tertiary/aromatic N) is 2. The Balaban J connectivity index is 0.00000364. The van der Waals surface area contributed by atoms with Crippen LogP contribution in [0.1, 0.15) is 21.1 Å². The van der Waals surface area contributed by atoms with Gasteiger partial charge in [0.05, 0.1) is 38.6 Å². The van der Waals surface area contributed by atoms with Crippen molar-refractivity contribution >= 4 is 41.3 Å². The highest BCUT2D eigenvalue weighted by Gasteiger charge is 2.13. The van der Waals surface area contributed by atoms with Crippen molar-refractivity contribution in [3.8, 4) is 17.2 Å². The van der Waals surface area contributed by atoms with Gasteiger partial charge in [-0.05, 0) is 31.5 Å². The summed E-state index contributed by atoms with van der Waals surface area (Å²) in [5.41, 5.74) is 2.05. The molecular formula is C18H27IN4O3S. The molecule has 2 N–H and O–H groups in total. The molecule has 0 amide bonds. The van der Waals surface area contributed by atoms with Crippen LogP contribution in [0.2, 0.25) is 0 Å². The fourth-order valence-electron chi connectivity index (χ4n) is 2.55. The highest BCUT2D eigenvalue weighted by atomic mass is 127. The fourth-order valence-corrected chi connectivity index (χ4v) is 3.42. The third kappa shape index (κ3) is 6.13. The molecule has 150 valence electrons. The van der Waals surface area contributed by atoms with Gasteiger partial charge in [0, 0.05) is 18.5 Å². The number of rotatable bonds is 7. The Bertz CT molecular complexity index is 755. The summed E-state index contributed by atoms with van der Waals surface area (Å²) >= 11 is 1.69. The number of hydrogen-bond acceptors (Lipinski definition) is 6. The quantitative estimate of drug-likeness (QED) is 0.341. The lowest BCUT2D eigenvalue weighted by Crippen LogP contribution is -2.36. The van der Waals surface area contributed by atoms with E-state index in [1.54, 1.807) is 39.7 Å². The minimum absolute atomic E-state index is 0. The van der Waals surface area contributed by atoms with E-state index in [0.29, 0.717) is 36.3 Å². The summed E-state index contributed by atoms with van der Waals surface area (Å²) in [5.74, 6) is 2.55. The largest absolute Gasteiger partial charge is 0.493 e. The van der Waals surface area contributed by atoms with Gasteiger partial charge in [-0.25, -0.2) is 4.98 Å². The molecule has 0 unspecified atom stereocenters. The van der Waals surface area contributed by atoms with Crippen LogP contribution in [0.3, 0.4) is 0 Å². The molecule has 1 aromatic carbocycles. The first kappa shape index (κ1) is 23.3. The standard InChI is InChI=1S/C18H26N4O3S.HI/c1-11-16(26-12(2)22-11)10-21-18(19-3)20-9-13-7-14(23-4)17(25-6)15(8-13)24-5;/h7-8H,9-10H2,1-6H3,(H2,19,20,21);1H. The van der Waals surface area contributed by atoms with Gasteiger partial charge in [0.1, 0.15) is 0 Å². The molecule has 0 bridgehead atoms. The first-order valence-corrected chi connectivity index (χ1v) is 9.00. The monoisotopic (exact) mass is 506 g/mol. The smallest absolute Gasteiger partial charge is 0.203 e. The number of guanidine groups is 1. The van der Waals surface area contributed by atoms with Crippen LogP contribution in [0, 0.1) is 13.8 Å². The van der Waals surface area contributed by atoms with E-state index in [-0.39, 0.29) is 24.0 Å². The van der Waals surface area contributed by atoms with Crippen LogP contribution in [0.4, 0.5) is 0 Å². The molecule has 0 aliphatic carbocycles. The second kappa shape index (κ2) is 11.2. The molecule has 7 nitrogen and oxygen atoms in total. The van der Waals surface area contributed by atoms with E-state index in [1.807, 2.05) is 26.0 Å². The van der Waals surface area contributed by atoms with Crippen molar-refractivity contribution in [1.29, 1.82) is 0 Å². The molecule has 0 saturated heterocycles. The van der Waals surface area contributed by atoms with Crippen LogP contribution in [-0.2, 0) is 13.1 Å². The fraction of sp³-hybridized carbons (Fsp3) is 0.444. The average molecular weight is 506 g/mol. The normalized spacial score (nSPS) is 10.8. The zero-order valence-corrected chi connectivity index (χ0v) is 19.7. The Morgan fingerprint density at radius 2 is 1.63 bits per heavy atom. The van der Waals surface area contributed by atoms with Crippen LogP contribution < -0.4 is 24.8 Å². The van der Waals surface area contributed by atoms with E-state index in [1.165, 1.54) is 4.88 Å². The predicted octanol–water partition coefficient (Wildman–Crippen LogP) is 3.27. The molecule has 0 radical (unpaired) electrons. The number of aryl methyl sites for hydroxylation is 2. The van der Waals surface area contributed by atoms with E-state index >= 15 is 0 Å². The molecule has 2 aromatic rings. The van der Waals surface area contributed by atoms with Gasteiger partial charge in [-0.1, -0.05) is 0 Å². The number of halogens is 1. The molecule has 27 heavy (non-hydrogen) atoms. The van der Waals surface area contributed by atoms with Gasteiger partial charge < -0.3 is 24.8 Å². The van der Waals surface area contributed by atoms with Crippen molar-refractivity contribution in [2.24, 2.45) is 4.99 Å². The highest BCUT2D eigenvalue weighted by molar-refractivity contribution is 14.0. The predicted molar refractivity (Wildman–Crippen MR) is 120 cm³/mol. The molecule has 1 aromatic heterocycles. The van der Waals surface area contributed by atoms with Crippen molar-refractivity contribution in [3.05, 3.63) is 33.3 Å². The van der Waals surface area contributed by atoms with Crippen molar-refractivity contribution in [2.75, 3.05) is 28.4 Å². The number of aromatic nitrogens is 1. The summed E-state index contributed by atoms with van der Waals surface area (Å²) in [6, 6.07) is 3.83. The van der Waals surface area contributed by atoms with E-state index in [4.69, 9.17) is 14.2 Å². The minimum Gasteiger partial charge on any atom is -0.493 e. The zero-order chi connectivity index (χ0) is 19.1. The van der Waals surface area contributed by atoms with E-state index in [2.05, 4.69) is 20.6 Å². The lowest BCUT2D eigenvalue weighted by molar-refractivity contribution is 0.323. The number of benzene rings is 1. The van der Waals surface area contributed by atoms with E-state index < -0.39 is 0 Å². The second-order valence-corrected chi connectivity index (χ2v) is 6.84. The first-order valence-electron chi connectivity index (χ1n) is 8.18. The first-order chi connectivity index (χ1) is 12.5. The van der Waals surface area contributed by atoms with Crippen molar-refractivity contribution in [1.82, 2.24) is 15.6 Å². The number of thiazole rings is 1. The summed E-state index contributed by atoms with van der Waals surface area (Å²) in [7, 11) is 6.55. The second-order valence-electron chi connectivity index (χ2n) is 5.55.